The first-order chi connectivity index (χ1) is 11.8. The van der Waals surface area contributed by atoms with Crippen LogP contribution in [-0.2, 0) is 6.18 Å². The smallest absolute Gasteiger partial charge is 0.391 e. The van der Waals surface area contributed by atoms with Gasteiger partial charge in [0.2, 0.25) is 0 Å². The summed E-state index contributed by atoms with van der Waals surface area (Å²) in [5.41, 5.74) is -1.03. The first-order valence-corrected chi connectivity index (χ1v) is 7.53. The van der Waals surface area contributed by atoms with Crippen LogP contribution in [0.25, 0.3) is 0 Å². The number of alkyl halides is 3. The first kappa shape index (κ1) is 17.3. The average molecular weight is 354 g/mol. The van der Waals surface area contributed by atoms with Crippen molar-refractivity contribution in [3.63, 3.8) is 0 Å². The maximum atomic E-state index is 13.3. The number of nitrogens with zero attached hydrogens (tertiary/aromatic N) is 2. The Morgan fingerprint density at radius 2 is 1.96 bits per heavy atom. The summed E-state index contributed by atoms with van der Waals surface area (Å²) in [6.45, 7) is -0.133. The van der Waals surface area contributed by atoms with Crippen LogP contribution in [-0.4, -0.2) is 33.5 Å². The van der Waals surface area contributed by atoms with Gasteiger partial charge in [-0.1, -0.05) is 18.2 Å². The van der Waals surface area contributed by atoms with Crippen molar-refractivity contribution in [3.8, 4) is 0 Å². The number of aliphatic hydroxyl groups is 1. The SMILES string of the molecule is O=C(c1cncc(F)c1)N1C[C@@H](O)C[C@@H]1c1ccccc1C(F)(F)F. The minimum atomic E-state index is -4.58. The number of amides is 1. The molecule has 1 aromatic carbocycles. The third kappa shape index (κ3) is 3.48. The van der Waals surface area contributed by atoms with E-state index in [9.17, 15) is 27.5 Å². The van der Waals surface area contributed by atoms with Crippen molar-refractivity contribution < 1.29 is 27.5 Å². The molecule has 1 fully saturated rings. The summed E-state index contributed by atoms with van der Waals surface area (Å²) < 4.78 is 53.1. The van der Waals surface area contributed by atoms with Gasteiger partial charge in [-0.05, 0) is 24.1 Å². The van der Waals surface area contributed by atoms with Crippen molar-refractivity contribution in [1.82, 2.24) is 9.88 Å². The third-order valence-electron chi connectivity index (χ3n) is 4.12. The second kappa shape index (κ2) is 6.44. The normalized spacial score (nSPS) is 20.8. The monoisotopic (exact) mass is 354 g/mol. The number of aromatic nitrogens is 1. The molecule has 0 spiro atoms. The molecule has 0 radical (unpaired) electrons. The number of likely N-dealkylation sites (tertiary alicyclic amines) is 1. The number of aliphatic hydroxyl groups excluding tert-OH is 1. The molecule has 1 aromatic heterocycles. The summed E-state index contributed by atoms with van der Waals surface area (Å²) in [4.78, 5) is 17.3. The highest BCUT2D eigenvalue weighted by molar-refractivity contribution is 5.94. The molecule has 4 nitrogen and oxygen atoms in total. The summed E-state index contributed by atoms with van der Waals surface area (Å²) in [6, 6.07) is 4.94. The predicted molar refractivity (Wildman–Crippen MR) is 80.0 cm³/mol. The van der Waals surface area contributed by atoms with E-state index in [1.54, 1.807) is 0 Å². The molecule has 0 saturated carbocycles. The van der Waals surface area contributed by atoms with Crippen molar-refractivity contribution in [1.29, 1.82) is 0 Å². The highest BCUT2D eigenvalue weighted by atomic mass is 19.4. The van der Waals surface area contributed by atoms with Crippen molar-refractivity contribution in [2.75, 3.05) is 6.54 Å². The molecule has 2 heterocycles. The zero-order valence-electron chi connectivity index (χ0n) is 12.9. The first-order valence-electron chi connectivity index (χ1n) is 7.53. The topological polar surface area (TPSA) is 53.4 Å². The third-order valence-corrected chi connectivity index (χ3v) is 4.12. The van der Waals surface area contributed by atoms with E-state index in [1.807, 2.05) is 0 Å². The van der Waals surface area contributed by atoms with E-state index in [4.69, 9.17) is 0 Å². The number of β-amino-alcohol motifs (C(OH)–C–C–N with tert-alkyl or cyclic N) is 1. The van der Waals surface area contributed by atoms with Crippen molar-refractivity contribution in [2.45, 2.75) is 24.7 Å². The molecule has 0 unspecified atom stereocenters. The van der Waals surface area contributed by atoms with Crippen LogP contribution in [0.15, 0.2) is 42.7 Å². The van der Waals surface area contributed by atoms with Crippen molar-refractivity contribution in [3.05, 3.63) is 65.2 Å². The minimum absolute atomic E-state index is 0.0262. The number of carbonyl (C=O) groups excluding carboxylic acids is 1. The van der Waals surface area contributed by atoms with Gasteiger partial charge < -0.3 is 10.0 Å². The zero-order chi connectivity index (χ0) is 18.2. The number of carbonyl (C=O) groups is 1. The molecule has 1 aliphatic heterocycles. The molecule has 8 heteroatoms. The predicted octanol–water partition coefficient (Wildman–Crippen LogP) is 3.19. The highest BCUT2D eigenvalue weighted by Crippen LogP contribution is 2.40. The molecule has 1 saturated heterocycles. The Morgan fingerprint density at radius 1 is 1.24 bits per heavy atom. The highest BCUT2D eigenvalue weighted by Gasteiger charge is 2.41. The quantitative estimate of drug-likeness (QED) is 0.843. The summed E-state index contributed by atoms with van der Waals surface area (Å²) >= 11 is 0. The van der Waals surface area contributed by atoms with E-state index in [-0.39, 0.29) is 24.1 Å². The Morgan fingerprint density at radius 3 is 2.64 bits per heavy atom. The molecule has 3 rings (SSSR count). The number of rotatable bonds is 2. The second-order valence-corrected chi connectivity index (χ2v) is 5.84. The summed E-state index contributed by atoms with van der Waals surface area (Å²) in [5, 5.41) is 9.91. The summed E-state index contributed by atoms with van der Waals surface area (Å²) in [6.07, 6.45) is -3.51. The Kier molecular flexibility index (Phi) is 4.47. The summed E-state index contributed by atoms with van der Waals surface area (Å²) in [5.74, 6) is -1.40. The molecule has 132 valence electrons. The van der Waals surface area contributed by atoms with Gasteiger partial charge in [-0.3, -0.25) is 9.78 Å². The molecule has 2 aromatic rings. The number of halogens is 4. The molecular formula is C17H14F4N2O2. The number of pyridine rings is 1. The Bertz CT molecular complexity index is 794. The lowest BCUT2D eigenvalue weighted by atomic mass is 9.97. The molecule has 2 atom stereocenters. The lowest BCUT2D eigenvalue weighted by molar-refractivity contribution is -0.138. The lowest BCUT2D eigenvalue weighted by Gasteiger charge is -2.27. The van der Waals surface area contributed by atoms with Gasteiger partial charge in [0, 0.05) is 12.7 Å². The van der Waals surface area contributed by atoms with E-state index in [2.05, 4.69) is 4.98 Å². The van der Waals surface area contributed by atoms with Gasteiger partial charge in [0.05, 0.1) is 29.5 Å². The Hall–Kier alpha value is -2.48. The minimum Gasteiger partial charge on any atom is -0.391 e. The van der Waals surface area contributed by atoms with Gasteiger partial charge in [0.25, 0.3) is 5.91 Å². The van der Waals surface area contributed by atoms with E-state index in [0.717, 1.165) is 29.4 Å². The van der Waals surface area contributed by atoms with Crippen LogP contribution in [0.2, 0.25) is 0 Å². The Labute approximate surface area is 140 Å². The molecule has 1 amide bonds. The number of hydrogen-bond donors (Lipinski definition) is 1. The number of benzene rings is 1. The fourth-order valence-electron chi connectivity index (χ4n) is 3.07. The fourth-order valence-corrected chi connectivity index (χ4v) is 3.07. The van der Waals surface area contributed by atoms with Crippen LogP contribution in [0.3, 0.4) is 0 Å². The van der Waals surface area contributed by atoms with E-state index in [0.29, 0.717) is 0 Å². The van der Waals surface area contributed by atoms with Gasteiger partial charge >= 0.3 is 6.18 Å². The molecular weight excluding hydrogens is 340 g/mol. The molecule has 1 N–H and O–H groups in total. The van der Waals surface area contributed by atoms with Crippen molar-refractivity contribution in [2.24, 2.45) is 0 Å². The Balaban J connectivity index is 2.00. The van der Waals surface area contributed by atoms with Crippen LogP contribution in [0.4, 0.5) is 17.6 Å². The average Bonchev–Trinajstić information content (AvgIpc) is 2.95. The second-order valence-electron chi connectivity index (χ2n) is 5.84. The van der Waals surface area contributed by atoms with E-state index < -0.39 is 35.6 Å². The van der Waals surface area contributed by atoms with Crippen LogP contribution in [0.1, 0.15) is 33.9 Å². The zero-order valence-corrected chi connectivity index (χ0v) is 12.9. The maximum absolute atomic E-state index is 13.3. The lowest BCUT2D eigenvalue weighted by Crippen LogP contribution is -2.32. The maximum Gasteiger partial charge on any atom is 0.416 e. The van der Waals surface area contributed by atoms with Crippen LogP contribution in [0, 0.1) is 5.82 Å². The van der Waals surface area contributed by atoms with Gasteiger partial charge in [0.15, 0.2) is 0 Å². The number of hydrogen-bond acceptors (Lipinski definition) is 3. The van der Waals surface area contributed by atoms with E-state index >= 15 is 0 Å². The van der Waals surface area contributed by atoms with Gasteiger partial charge in [-0.25, -0.2) is 4.39 Å². The van der Waals surface area contributed by atoms with Gasteiger partial charge in [-0.2, -0.15) is 13.2 Å². The fraction of sp³-hybridized carbons (Fsp3) is 0.294. The van der Waals surface area contributed by atoms with Gasteiger partial charge in [0.1, 0.15) is 5.82 Å². The van der Waals surface area contributed by atoms with E-state index in [1.165, 1.54) is 18.2 Å². The van der Waals surface area contributed by atoms with Gasteiger partial charge in [-0.15, -0.1) is 0 Å². The molecule has 1 aliphatic rings. The molecule has 0 aliphatic carbocycles. The summed E-state index contributed by atoms with van der Waals surface area (Å²) in [7, 11) is 0. The molecule has 0 bridgehead atoms. The largest absolute Gasteiger partial charge is 0.416 e. The van der Waals surface area contributed by atoms with Crippen LogP contribution < -0.4 is 0 Å². The van der Waals surface area contributed by atoms with Crippen LogP contribution >= 0.6 is 0 Å². The van der Waals surface area contributed by atoms with Crippen molar-refractivity contribution >= 4 is 5.91 Å². The standard InChI is InChI=1S/C17H14F4N2O2/c18-11-5-10(7-22-8-11)16(25)23-9-12(24)6-15(23)13-3-1-2-4-14(13)17(19,20)21/h1-5,7-8,12,15,24H,6,9H2/t12-,15+/m0/s1. The molecule has 25 heavy (non-hydrogen) atoms. The van der Waals surface area contributed by atoms with Crippen LogP contribution in [0.5, 0.6) is 0 Å².